The van der Waals surface area contributed by atoms with E-state index in [0.29, 0.717) is 31.3 Å². The van der Waals surface area contributed by atoms with E-state index in [1.54, 1.807) is 0 Å². The monoisotopic (exact) mass is 394 g/mol. The number of carbonyl (C=O) groups is 1. The third-order valence-electron chi connectivity index (χ3n) is 5.84. The van der Waals surface area contributed by atoms with Crippen molar-refractivity contribution in [1.29, 1.82) is 0 Å². The molecule has 1 aliphatic carbocycles. The highest BCUT2D eigenvalue weighted by atomic mass is 17.2. The van der Waals surface area contributed by atoms with E-state index in [1.807, 2.05) is 32.9 Å². The molecule has 0 aromatic rings. The summed E-state index contributed by atoms with van der Waals surface area (Å²) in [6.07, 6.45) is 5.68. The van der Waals surface area contributed by atoms with Crippen LogP contribution < -0.4 is 0 Å². The van der Waals surface area contributed by atoms with Crippen LogP contribution in [0.4, 0.5) is 0 Å². The molecule has 3 aliphatic rings. The van der Waals surface area contributed by atoms with Crippen molar-refractivity contribution >= 4 is 5.97 Å². The number of hydrogen-bond donors (Lipinski definition) is 2. The summed E-state index contributed by atoms with van der Waals surface area (Å²) in [4.78, 5) is 23.1. The Morgan fingerprint density at radius 3 is 2.68 bits per heavy atom. The van der Waals surface area contributed by atoms with Crippen molar-refractivity contribution in [2.75, 3.05) is 6.61 Å². The average molecular weight is 395 g/mol. The number of rotatable bonds is 3. The molecule has 1 saturated heterocycles. The molecule has 2 heterocycles. The van der Waals surface area contributed by atoms with Crippen LogP contribution in [0.5, 0.6) is 0 Å². The number of aliphatic hydroxyl groups is 2. The standard InChI is InChI=1S/C22H34O6/c1-14-6-9-21(26-17(4)24)22(5)11-10-20(27-28-22)15(2)7-8-18(16(3)13-23)19(25)12-14/h7,12,18-21,23,25H,3,6,8-11,13H2,1-2,4-5H3/b14-12+,15-7-/t18-,19-,20?,21-,22+/m0/s1. The van der Waals surface area contributed by atoms with Crippen LogP contribution in [0.15, 0.2) is 35.5 Å². The highest BCUT2D eigenvalue weighted by Crippen LogP contribution is 2.36. The van der Waals surface area contributed by atoms with Crippen LogP contribution in [0.25, 0.3) is 0 Å². The number of carbonyl (C=O) groups excluding carboxylic acids is 1. The third-order valence-corrected chi connectivity index (χ3v) is 5.84. The summed E-state index contributed by atoms with van der Waals surface area (Å²) < 4.78 is 5.57. The van der Waals surface area contributed by atoms with Crippen molar-refractivity contribution in [3.05, 3.63) is 35.5 Å². The summed E-state index contributed by atoms with van der Waals surface area (Å²) in [6.45, 7) is 11.0. The molecule has 0 aromatic carbocycles. The summed E-state index contributed by atoms with van der Waals surface area (Å²) in [5.74, 6) is -0.632. The van der Waals surface area contributed by atoms with Gasteiger partial charge in [0.2, 0.25) is 0 Å². The molecule has 0 saturated carbocycles. The lowest BCUT2D eigenvalue weighted by Gasteiger charge is -2.41. The number of esters is 1. The average Bonchev–Trinajstić information content (AvgIpc) is 2.64. The van der Waals surface area contributed by atoms with E-state index in [4.69, 9.17) is 14.5 Å². The Morgan fingerprint density at radius 1 is 1.39 bits per heavy atom. The van der Waals surface area contributed by atoms with Crippen LogP contribution in [0.3, 0.4) is 0 Å². The van der Waals surface area contributed by atoms with Crippen LogP contribution in [-0.4, -0.2) is 46.7 Å². The molecule has 2 aliphatic heterocycles. The van der Waals surface area contributed by atoms with Gasteiger partial charge in [0, 0.05) is 12.8 Å². The fraction of sp³-hybridized carbons (Fsp3) is 0.682. The SMILES string of the molecule is C=C(CO)[C@@H]1C/C=C(/C)C2CC[C@@](C)(OO2)[C@@H](OC(C)=O)CC/C(C)=C/[C@@H]1O. The molecule has 0 spiro atoms. The maximum atomic E-state index is 11.6. The molecule has 0 amide bonds. The summed E-state index contributed by atoms with van der Waals surface area (Å²) in [6, 6.07) is 0. The lowest BCUT2D eigenvalue weighted by molar-refractivity contribution is -0.412. The molecule has 28 heavy (non-hydrogen) atoms. The van der Waals surface area contributed by atoms with Crippen LogP contribution in [0, 0.1) is 5.92 Å². The van der Waals surface area contributed by atoms with E-state index in [9.17, 15) is 15.0 Å². The predicted octanol–water partition coefficient (Wildman–Crippen LogP) is 3.39. The van der Waals surface area contributed by atoms with Gasteiger partial charge in [0.25, 0.3) is 0 Å². The number of hydrogen-bond acceptors (Lipinski definition) is 6. The van der Waals surface area contributed by atoms with Crippen molar-refractivity contribution in [3.63, 3.8) is 0 Å². The first-order valence-electron chi connectivity index (χ1n) is 9.98. The Balaban J connectivity index is 2.34. The first kappa shape index (κ1) is 22.8. The van der Waals surface area contributed by atoms with Gasteiger partial charge in [0.05, 0.1) is 12.7 Å². The lowest BCUT2D eigenvalue weighted by atomic mass is 9.84. The predicted molar refractivity (Wildman–Crippen MR) is 106 cm³/mol. The van der Waals surface area contributed by atoms with E-state index in [-0.39, 0.29) is 24.6 Å². The van der Waals surface area contributed by atoms with Gasteiger partial charge < -0.3 is 14.9 Å². The summed E-state index contributed by atoms with van der Waals surface area (Å²) in [7, 11) is 0. The van der Waals surface area contributed by atoms with Gasteiger partial charge in [-0.15, -0.1) is 0 Å². The molecule has 3 rings (SSSR count). The Morgan fingerprint density at radius 2 is 2.11 bits per heavy atom. The summed E-state index contributed by atoms with van der Waals surface area (Å²) >= 11 is 0. The first-order chi connectivity index (χ1) is 13.2. The Labute approximate surface area is 167 Å². The smallest absolute Gasteiger partial charge is 0.303 e. The van der Waals surface area contributed by atoms with Crippen LogP contribution in [0.1, 0.15) is 59.8 Å². The van der Waals surface area contributed by atoms with E-state index in [2.05, 4.69) is 6.58 Å². The summed E-state index contributed by atoms with van der Waals surface area (Å²) in [5, 5.41) is 20.2. The van der Waals surface area contributed by atoms with Crippen LogP contribution in [0.2, 0.25) is 0 Å². The van der Waals surface area contributed by atoms with E-state index < -0.39 is 17.8 Å². The molecule has 0 aromatic heterocycles. The molecular formula is C22H34O6. The van der Waals surface area contributed by atoms with Crippen molar-refractivity contribution in [2.45, 2.75) is 83.7 Å². The largest absolute Gasteiger partial charge is 0.459 e. The van der Waals surface area contributed by atoms with Gasteiger partial charge in [0.15, 0.2) is 0 Å². The second kappa shape index (κ2) is 9.83. The van der Waals surface area contributed by atoms with Gasteiger partial charge in [-0.25, -0.2) is 9.78 Å². The fourth-order valence-corrected chi connectivity index (χ4v) is 3.84. The lowest BCUT2D eigenvalue weighted by Crippen LogP contribution is -2.49. The van der Waals surface area contributed by atoms with Gasteiger partial charge in [-0.1, -0.05) is 24.3 Å². The number of fused-ring (bicyclic) bond motifs is 9. The minimum atomic E-state index is -0.747. The second-order valence-corrected chi connectivity index (χ2v) is 8.27. The van der Waals surface area contributed by atoms with Crippen molar-refractivity contribution in [3.8, 4) is 0 Å². The maximum absolute atomic E-state index is 11.6. The Bertz CT molecular complexity index is 627. The molecule has 2 bridgehead atoms. The molecule has 2 N–H and O–H groups in total. The normalized spacial score (nSPS) is 38.5. The van der Waals surface area contributed by atoms with Gasteiger partial charge in [-0.3, -0.25) is 4.79 Å². The molecule has 1 unspecified atom stereocenters. The number of aliphatic hydroxyl groups excluding tert-OH is 2. The number of ether oxygens (including phenoxy) is 1. The van der Waals surface area contributed by atoms with Crippen molar-refractivity contribution < 1.29 is 29.5 Å². The molecule has 0 radical (unpaired) electrons. The molecule has 1 fully saturated rings. The zero-order valence-electron chi connectivity index (χ0n) is 17.4. The topological polar surface area (TPSA) is 85.2 Å². The Kier molecular flexibility index (Phi) is 8.01. The molecule has 6 heteroatoms. The first-order valence-corrected chi connectivity index (χ1v) is 9.98. The maximum Gasteiger partial charge on any atom is 0.303 e. The second-order valence-electron chi connectivity index (χ2n) is 8.27. The van der Waals surface area contributed by atoms with E-state index in [1.165, 1.54) is 6.92 Å². The quantitative estimate of drug-likeness (QED) is 0.434. The van der Waals surface area contributed by atoms with Gasteiger partial charge in [0.1, 0.15) is 17.8 Å². The molecule has 5 atom stereocenters. The van der Waals surface area contributed by atoms with E-state index >= 15 is 0 Å². The molecule has 158 valence electrons. The van der Waals surface area contributed by atoms with Crippen LogP contribution >= 0.6 is 0 Å². The number of allylic oxidation sites excluding steroid dienone is 2. The molecule has 6 nitrogen and oxygen atoms in total. The fourth-order valence-electron chi connectivity index (χ4n) is 3.84. The zero-order chi connectivity index (χ0) is 20.9. The minimum Gasteiger partial charge on any atom is -0.459 e. The third kappa shape index (κ3) is 5.77. The van der Waals surface area contributed by atoms with E-state index in [0.717, 1.165) is 17.6 Å². The summed E-state index contributed by atoms with van der Waals surface area (Å²) in [5.41, 5.74) is 1.88. The van der Waals surface area contributed by atoms with Gasteiger partial charge >= 0.3 is 5.97 Å². The van der Waals surface area contributed by atoms with Gasteiger partial charge in [-0.05, 0) is 64.0 Å². The zero-order valence-corrected chi connectivity index (χ0v) is 17.4. The van der Waals surface area contributed by atoms with Crippen LogP contribution in [-0.2, 0) is 19.3 Å². The molecular weight excluding hydrogens is 360 g/mol. The minimum absolute atomic E-state index is 0.169. The van der Waals surface area contributed by atoms with Crippen molar-refractivity contribution in [1.82, 2.24) is 0 Å². The van der Waals surface area contributed by atoms with Gasteiger partial charge in [-0.2, -0.15) is 0 Å². The van der Waals surface area contributed by atoms with Crippen molar-refractivity contribution in [2.24, 2.45) is 5.92 Å². The Hall–Kier alpha value is -1.47. The highest BCUT2D eigenvalue weighted by Gasteiger charge is 2.43. The highest BCUT2D eigenvalue weighted by molar-refractivity contribution is 5.66.